The van der Waals surface area contributed by atoms with E-state index in [1.54, 1.807) is 20.8 Å². The molecular weight excluding hydrogens is 510 g/mol. The summed E-state index contributed by atoms with van der Waals surface area (Å²) in [7, 11) is 0. The van der Waals surface area contributed by atoms with Crippen molar-refractivity contribution in [3.63, 3.8) is 0 Å². The van der Waals surface area contributed by atoms with Crippen LogP contribution in [0.3, 0.4) is 0 Å². The standard InChI is InChI=1S/C29H24F2N2O6/c1-4-39-28(38)21-13(2)18-19-22(26(36)32(24(19)34)16-9-5-14(30)6-10-16)29(21,3)23-20(18)25(35)33(27(23)37)17-11-7-15(31)8-12-17/h5-12,18-20,22-23H,4H2,1-3H3/t18?,19-,20-,22+,23+,29?/m0/s1. The Bertz CT molecular complexity index is 1410. The van der Waals surface area contributed by atoms with E-state index in [0.29, 0.717) is 5.57 Å². The zero-order chi connectivity index (χ0) is 28.0. The summed E-state index contributed by atoms with van der Waals surface area (Å²) in [6.07, 6.45) is 0. The molecule has 0 spiro atoms. The number of carbonyl (C=O) groups is 5. The Morgan fingerprint density at radius 2 is 1.18 bits per heavy atom. The van der Waals surface area contributed by atoms with E-state index in [1.807, 2.05) is 0 Å². The third-order valence-electron chi connectivity index (χ3n) is 8.85. The largest absolute Gasteiger partial charge is 0.463 e. The van der Waals surface area contributed by atoms with Crippen molar-refractivity contribution in [2.45, 2.75) is 20.8 Å². The lowest BCUT2D eigenvalue weighted by atomic mass is 9.43. The fourth-order valence-corrected chi connectivity index (χ4v) is 7.50. The predicted molar refractivity (Wildman–Crippen MR) is 133 cm³/mol. The van der Waals surface area contributed by atoms with Gasteiger partial charge in [-0.1, -0.05) is 12.5 Å². The molecule has 3 aliphatic carbocycles. The molecule has 5 aliphatic rings. The van der Waals surface area contributed by atoms with Gasteiger partial charge in [-0.2, -0.15) is 0 Å². The number of ether oxygens (including phenoxy) is 1. The van der Waals surface area contributed by atoms with E-state index in [1.165, 1.54) is 24.3 Å². The second-order valence-electron chi connectivity index (χ2n) is 10.6. The third kappa shape index (κ3) is 3.11. The number of allylic oxidation sites excluding steroid dienone is 1. The number of amides is 4. The fraction of sp³-hybridized carbons (Fsp3) is 0.345. The van der Waals surface area contributed by atoms with Crippen LogP contribution in [0.5, 0.6) is 0 Å². The monoisotopic (exact) mass is 534 g/mol. The maximum atomic E-state index is 14.0. The zero-order valence-electron chi connectivity index (χ0n) is 21.3. The van der Waals surface area contributed by atoms with Gasteiger partial charge in [-0.05, 0) is 62.4 Å². The molecule has 2 aromatic rings. The fourth-order valence-electron chi connectivity index (χ4n) is 7.50. The lowest BCUT2D eigenvalue weighted by Crippen LogP contribution is -2.61. The molecule has 2 heterocycles. The first-order valence-electron chi connectivity index (χ1n) is 12.7. The van der Waals surface area contributed by atoms with E-state index in [9.17, 15) is 32.8 Å². The Hall–Kier alpha value is -4.21. The second-order valence-corrected chi connectivity index (χ2v) is 10.6. The number of hydrogen-bond acceptors (Lipinski definition) is 6. The number of anilines is 2. The summed E-state index contributed by atoms with van der Waals surface area (Å²) in [6, 6.07) is 9.76. The average Bonchev–Trinajstić information content (AvgIpc) is 3.32. The Labute approximate surface area is 222 Å². The summed E-state index contributed by atoms with van der Waals surface area (Å²) >= 11 is 0. The Kier molecular flexibility index (Phi) is 5.40. The van der Waals surface area contributed by atoms with Gasteiger partial charge in [-0.3, -0.25) is 29.0 Å². The van der Waals surface area contributed by atoms with Crippen LogP contribution >= 0.6 is 0 Å². The topological polar surface area (TPSA) is 101 Å². The minimum absolute atomic E-state index is 0.0434. The Morgan fingerprint density at radius 1 is 0.769 bits per heavy atom. The highest BCUT2D eigenvalue weighted by Crippen LogP contribution is 2.68. The van der Waals surface area contributed by atoms with Crippen molar-refractivity contribution < 1.29 is 37.5 Å². The molecule has 2 bridgehead atoms. The van der Waals surface area contributed by atoms with Gasteiger partial charge in [0.15, 0.2) is 0 Å². The third-order valence-corrected chi connectivity index (χ3v) is 8.85. The molecule has 3 fully saturated rings. The van der Waals surface area contributed by atoms with Gasteiger partial charge in [0.25, 0.3) is 0 Å². The summed E-state index contributed by atoms with van der Waals surface area (Å²) in [5.41, 5.74) is -0.669. The van der Waals surface area contributed by atoms with E-state index >= 15 is 0 Å². The molecule has 0 aromatic heterocycles. The van der Waals surface area contributed by atoms with Crippen molar-refractivity contribution in [3.05, 3.63) is 71.3 Å². The van der Waals surface area contributed by atoms with Crippen LogP contribution in [0.15, 0.2) is 59.7 Å². The molecule has 2 saturated heterocycles. The number of imide groups is 2. The van der Waals surface area contributed by atoms with Crippen LogP contribution in [-0.2, 0) is 28.7 Å². The molecular formula is C29H24F2N2O6. The van der Waals surface area contributed by atoms with Gasteiger partial charge in [0.2, 0.25) is 23.6 Å². The second kappa shape index (κ2) is 8.39. The molecule has 7 rings (SSSR count). The van der Waals surface area contributed by atoms with Crippen LogP contribution in [0.25, 0.3) is 0 Å². The number of esters is 1. The van der Waals surface area contributed by atoms with Crippen LogP contribution in [0.2, 0.25) is 0 Å². The van der Waals surface area contributed by atoms with Crippen molar-refractivity contribution in [2.75, 3.05) is 16.4 Å². The first-order valence-corrected chi connectivity index (χ1v) is 12.7. The summed E-state index contributed by atoms with van der Waals surface area (Å²) in [5, 5.41) is 0. The maximum absolute atomic E-state index is 14.0. The molecule has 0 N–H and O–H groups in total. The summed E-state index contributed by atoms with van der Waals surface area (Å²) in [6.45, 7) is 4.88. The summed E-state index contributed by atoms with van der Waals surface area (Å²) in [4.78, 5) is 71.1. The van der Waals surface area contributed by atoms with Gasteiger partial charge in [0.05, 0.1) is 41.7 Å². The van der Waals surface area contributed by atoms with Crippen LogP contribution in [0.1, 0.15) is 20.8 Å². The van der Waals surface area contributed by atoms with Crippen LogP contribution in [-0.4, -0.2) is 36.2 Å². The van der Waals surface area contributed by atoms with Crippen molar-refractivity contribution in [1.29, 1.82) is 0 Å². The minimum atomic E-state index is -1.55. The normalized spacial score (nSPS) is 31.3. The quantitative estimate of drug-likeness (QED) is 0.440. The van der Waals surface area contributed by atoms with Gasteiger partial charge >= 0.3 is 5.97 Å². The molecule has 2 aromatic carbocycles. The number of nitrogens with zero attached hydrogens (tertiary/aromatic N) is 2. The number of halogens is 2. The molecule has 8 nitrogen and oxygen atoms in total. The van der Waals surface area contributed by atoms with Crippen molar-refractivity contribution in [3.8, 4) is 0 Å². The Balaban J connectivity index is 1.54. The highest BCUT2D eigenvalue weighted by Gasteiger charge is 2.77. The molecule has 39 heavy (non-hydrogen) atoms. The van der Waals surface area contributed by atoms with Gasteiger partial charge < -0.3 is 4.74 Å². The van der Waals surface area contributed by atoms with Gasteiger partial charge in [0, 0.05) is 16.9 Å². The lowest BCUT2D eigenvalue weighted by molar-refractivity contribution is -0.155. The predicted octanol–water partition coefficient (Wildman–Crippen LogP) is 3.41. The Morgan fingerprint density at radius 3 is 1.56 bits per heavy atom. The van der Waals surface area contributed by atoms with E-state index in [-0.39, 0.29) is 23.6 Å². The number of hydrogen-bond donors (Lipinski definition) is 0. The first kappa shape index (κ1) is 25.1. The maximum Gasteiger partial charge on any atom is 0.334 e. The summed E-state index contributed by atoms with van der Waals surface area (Å²) in [5.74, 6) is -9.42. The van der Waals surface area contributed by atoms with Gasteiger partial charge in [-0.25, -0.2) is 13.6 Å². The average molecular weight is 535 g/mol. The van der Waals surface area contributed by atoms with Gasteiger partial charge in [0.1, 0.15) is 11.6 Å². The molecule has 0 unspecified atom stereocenters. The number of rotatable bonds is 4. The number of carbonyl (C=O) groups excluding carboxylic acids is 5. The van der Waals surface area contributed by atoms with Crippen molar-refractivity contribution in [2.24, 2.45) is 35.0 Å². The highest BCUT2D eigenvalue weighted by molar-refractivity contribution is 6.27. The lowest BCUT2D eigenvalue weighted by Gasteiger charge is -2.55. The molecule has 2 aliphatic heterocycles. The molecule has 200 valence electrons. The molecule has 4 amide bonds. The molecule has 0 radical (unpaired) electrons. The van der Waals surface area contributed by atoms with Crippen LogP contribution in [0.4, 0.5) is 20.2 Å². The van der Waals surface area contributed by atoms with E-state index < -0.39 is 76.2 Å². The van der Waals surface area contributed by atoms with Crippen LogP contribution < -0.4 is 9.80 Å². The smallest absolute Gasteiger partial charge is 0.334 e. The molecule has 4 atom stereocenters. The highest BCUT2D eigenvalue weighted by atomic mass is 19.1. The van der Waals surface area contributed by atoms with Crippen LogP contribution in [0, 0.1) is 46.6 Å². The zero-order valence-corrected chi connectivity index (χ0v) is 21.3. The van der Waals surface area contributed by atoms with E-state index in [2.05, 4.69) is 0 Å². The van der Waals surface area contributed by atoms with E-state index in [0.717, 1.165) is 34.1 Å². The number of benzene rings is 2. The van der Waals surface area contributed by atoms with Crippen molar-refractivity contribution in [1.82, 2.24) is 0 Å². The molecule has 10 heteroatoms. The van der Waals surface area contributed by atoms with Crippen molar-refractivity contribution >= 4 is 41.0 Å². The molecule has 1 saturated carbocycles. The SMILES string of the molecule is CCOC(=O)C1=C(C)C2[C@@H]3C(=O)N(c4ccc(F)cc4)C(=O)[C@@H]3C1(C)[C@H]1C(=O)N(c3ccc(F)cc3)C(=O)[C@@H]21. The van der Waals surface area contributed by atoms with Gasteiger partial charge in [-0.15, -0.1) is 0 Å². The summed E-state index contributed by atoms with van der Waals surface area (Å²) < 4.78 is 32.6. The van der Waals surface area contributed by atoms with E-state index in [4.69, 9.17) is 4.74 Å². The minimum Gasteiger partial charge on any atom is -0.463 e. The first-order chi connectivity index (χ1) is 18.5.